The average molecular weight is 508 g/mol. The molecule has 8 rings (SSSR count). The van der Waals surface area contributed by atoms with E-state index in [2.05, 4.69) is 5.43 Å². The van der Waals surface area contributed by atoms with Crippen molar-refractivity contribution in [2.24, 2.45) is 11.8 Å². The highest BCUT2D eigenvalue weighted by atomic mass is 32.2. The van der Waals surface area contributed by atoms with Gasteiger partial charge in [-0.15, -0.1) is 11.8 Å². The van der Waals surface area contributed by atoms with Crippen LogP contribution < -0.4 is 10.9 Å². The summed E-state index contributed by atoms with van der Waals surface area (Å²) in [5, 5.41) is 10.7. The second kappa shape index (κ2) is 7.83. The number of fused-ring (bicyclic) bond motifs is 4. The average Bonchev–Trinajstić information content (AvgIpc) is 3.39. The van der Waals surface area contributed by atoms with E-state index in [4.69, 9.17) is 0 Å². The molecule has 6 nitrogen and oxygen atoms in total. The number of benzene rings is 2. The number of amides is 1. The van der Waals surface area contributed by atoms with E-state index in [-0.39, 0.29) is 35.4 Å². The number of aromatic nitrogens is 1. The SMILES string of the molecule is O=C1c2c(O)c(=O)cc(-c3cc(F)c(F)c4c3Cc3ccccc3SC4)n2NCN1C1CC2CC1C2. The van der Waals surface area contributed by atoms with Gasteiger partial charge in [-0.2, -0.15) is 0 Å². The first-order chi connectivity index (χ1) is 17.4. The molecule has 2 bridgehead atoms. The van der Waals surface area contributed by atoms with Crippen LogP contribution in [0.15, 0.2) is 46.1 Å². The van der Waals surface area contributed by atoms with Crippen molar-refractivity contribution in [3.05, 3.63) is 80.6 Å². The lowest BCUT2D eigenvalue weighted by Crippen LogP contribution is -2.52. The van der Waals surface area contributed by atoms with Crippen LogP contribution in [0.1, 0.15) is 46.4 Å². The van der Waals surface area contributed by atoms with Gasteiger partial charge in [-0.25, -0.2) is 13.5 Å². The zero-order valence-electron chi connectivity index (χ0n) is 19.3. The standard InChI is InChI=1S/C27H23F2N3O3S/c28-19-9-17(16-8-14-3-1-2-4-23(14)36-11-18(16)24(19)29)21-10-22(33)26(34)25-27(35)31(12-30-32(21)25)20-7-13-5-15(20)6-13/h1-4,9-10,13,15,20,30,34H,5-8,11-12H2. The van der Waals surface area contributed by atoms with Gasteiger partial charge in [0.15, 0.2) is 23.1 Å². The summed E-state index contributed by atoms with van der Waals surface area (Å²) in [7, 11) is 0. The molecule has 0 spiro atoms. The van der Waals surface area contributed by atoms with Gasteiger partial charge in [0.1, 0.15) is 6.67 Å². The molecule has 3 fully saturated rings. The predicted octanol–water partition coefficient (Wildman–Crippen LogP) is 4.45. The molecule has 2 N–H and O–H groups in total. The number of hydrogen-bond donors (Lipinski definition) is 2. The van der Waals surface area contributed by atoms with Crippen LogP contribution >= 0.6 is 11.8 Å². The van der Waals surface area contributed by atoms with E-state index in [1.807, 2.05) is 24.3 Å². The maximum absolute atomic E-state index is 15.0. The third kappa shape index (κ3) is 3.08. The number of rotatable bonds is 2. The van der Waals surface area contributed by atoms with Gasteiger partial charge in [-0.05, 0) is 60.8 Å². The van der Waals surface area contributed by atoms with Gasteiger partial charge in [-0.1, -0.05) is 18.2 Å². The van der Waals surface area contributed by atoms with E-state index in [1.54, 1.807) is 4.90 Å². The summed E-state index contributed by atoms with van der Waals surface area (Å²) in [5.74, 6) is -1.65. The van der Waals surface area contributed by atoms with E-state index in [1.165, 1.54) is 22.5 Å². The smallest absolute Gasteiger partial charge is 0.278 e. The number of halogens is 2. The van der Waals surface area contributed by atoms with Gasteiger partial charge >= 0.3 is 0 Å². The van der Waals surface area contributed by atoms with Crippen molar-refractivity contribution in [1.82, 2.24) is 9.58 Å². The second-order valence-electron chi connectivity index (χ2n) is 10.2. The molecular weight excluding hydrogens is 484 g/mol. The Morgan fingerprint density at radius 3 is 2.64 bits per heavy atom. The molecule has 3 aromatic rings. The molecule has 2 aromatic carbocycles. The first-order valence-electron chi connectivity index (χ1n) is 12.2. The number of nitrogens with zero attached hydrogens (tertiary/aromatic N) is 2. The fourth-order valence-electron chi connectivity index (χ4n) is 6.42. The summed E-state index contributed by atoms with van der Waals surface area (Å²) in [6, 6.07) is 10.1. The lowest BCUT2D eigenvalue weighted by atomic mass is 9.84. The van der Waals surface area contributed by atoms with E-state index in [9.17, 15) is 19.1 Å². The van der Waals surface area contributed by atoms with Crippen molar-refractivity contribution >= 4 is 17.7 Å². The topological polar surface area (TPSA) is 74.6 Å². The zero-order valence-corrected chi connectivity index (χ0v) is 20.1. The highest BCUT2D eigenvalue weighted by Gasteiger charge is 2.49. The molecule has 1 unspecified atom stereocenters. The van der Waals surface area contributed by atoms with Crippen LogP contribution in [0.5, 0.6) is 5.75 Å². The first kappa shape index (κ1) is 21.9. The molecule has 1 amide bonds. The molecule has 3 saturated carbocycles. The van der Waals surface area contributed by atoms with Crippen molar-refractivity contribution < 1.29 is 18.7 Å². The first-order valence-corrected chi connectivity index (χ1v) is 13.1. The van der Waals surface area contributed by atoms with Crippen LogP contribution in [-0.4, -0.2) is 33.3 Å². The fourth-order valence-corrected chi connectivity index (χ4v) is 7.52. The molecule has 36 heavy (non-hydrogen) atoms. The van der Waals surface area contributed by atoms with Gasteiger partial charge < -0.3 is 15.4 Å². The highest BCUT2D eigenvalue weighted by Crippen LogP contribution is 2.51. The normalized spacial score (nSPS) is 23.8. The molecular formula is C27H23F2N3O3S. The number of carbonyl (C=O) groups excluding carboxylic acids is 1. The largest absolute Gasteiger partial charge is 0.502 e. The highest BCUT2D eigenvalue weighted by molar-refractivity contribution is 7.98. The van der Waals surface area contributed by atoms with Crippen molar-refractivity contribution in [1.29, 1.82) is 0 Å². The minimum atomic E-state index is -1.01. The van der Waals surface area contributed by atoms with Crippen LogP contribution in [-0.2, 0) is 12.2 Å². The quantitative estimate of drug-likeness (QED) is 0.536. The zero-order chi connectivity index (χ0) is 24.7. The number of nitrogens with one attached hydrogen (secondary N) is 1. The Morgan fingerprint density at radius 2 is 1.86 bits per heavy atom. The molecule has 3 aliphatic carbocycles. The van der Waals surface area contributed by atoms with Crippen LogP contribution in [0.3, 0.4) is 0 Å². The molecule has 1 aromatic heterocycles. The van der Waals surface area contributed by atoms with Gasteiger partial charge in [0, 0.05) is 33.9 Å². The van der Waals surface area contributed by atoms with Gasteiger partial charge in [0.25, 0.3) is 5.91 Å². The Bertz CT molecular complexity index is 1520. The molecule has 184 valence electrons. The van der Waals surface area contributed by atoms with E-state index < -0.39 is 28.7 Å². The second-order valence-corrected chi connectivity index (χ2v) is 11.2. The van der Waals surface area contributed by atoms with Crippen molar-refractivity contribution in [3.63, 3.8) is 0 Å². The maximum Gasteiger partial charge on any atom is 0.278 e. The molecule has 5 aliphatic rings. The predicted molar refractivity (Wildman–Crippen MR) is 132 cm³/mol. The van der Waals surface area contributed by atoms with Gasteiger partial charge in [-0.3, -0.25) is 9.59 Å². The van der Waals surface area contributed by atoms with Gasteiger partial charge in [0.2, 0.25) is 5.43 Å². The number of aromatic hydroxyl groups is 1. The van der Waals surface area contributed by atoms with Crippen LogP contribution in [0.2, 0.25) is 0 Å². The number of thioether (sulfide) groups is 1. The summed E-state index contributed by atoms with van der Waals surface area (Å²) in [4.78, 5) is 29.2. The lowest BCUT2D eigenvalue weighted by molar-refractivity contribution is 0.0606. The van der Waals surface area contributed by atoms with Crippen molar-refractivity contribution in [2.75, 3.05) is 12.1 Å². The van der Waals surface area contributed by atoms with E-state index in [0.29, 0.717) is 29.4 Å². The Balaban J connectivity index is 1.40. The summed E-state index contributed by atoms with van der Waals surface area (Å²) in [5.41, 5.74) is 4.64. The minimum absolute atomic E-state index is 0.0787. The minimum Gasteiger partial charge on any atom is -0.502 e. The molecule has 1 atom stereocenters. The monoisotopic (exact) mass is 507 g/mol. The summed E-state index contributed by atoms with van der Waals surface area (Å²) in [6.07, 6.45) is 3.48. The molecule has 2 aliphatic heterocycles. The number of pyridine rings is 1. The molecule has 9 heteroatoms. The Morgan fingerprint density at radius 1 is 1.06 bits per heavy atom. The maximum atomic E-state index is 15.0. The van der Waals surface area contributed by atoms with Crippen LogP contribution in [0.4, 0.5) is 8.78 Å². The third-order valence-electron chi connectivity index (χ3n) is 8.27. The molecule has 3 heterocycles. The Labute approximate surface area is 209 Å². The van der Waals surface area contributed by atoms with E-state index >= 15 is 4.39 Å². The van der Waals surface area contributed by atoms with Crippen LogP contribution in [0.25, 0.3) is 11.3 Å². The van der Waals surface area contributed by atoms with Crippen molar-refractivity contribution in [2.45, 2.75) is 42.4 Å². The summed E-state index contributed by atoms with van der Waals surface area (Å²) < 4.78 is 31.3. The number of hydrogen-bond acceptors (Lipinski definition) is 5. The Kier molecular flexibility index (Phi) is 4.77. The third-order valence-corrected chi connectivity index (χ3v) is 9.41. The summed E-state index contributed by atoms with van der Waals surface area (Å²) in [6.45, 7) is 0.208. The Hall–Kier alpha value is -3.33. The number of carbonyl (C=O) groups is 1. The van der Waals surface area contributed by atoms with E-state index in [0.717, 1.165) is 35.8 Å². The van der Waals surface area contributed by atoms with Crippen LogP contribution in [0, 0.1) is 23.5 Å². The van der Waals surface area contributed by atoms with Crippen molar-refractivity contribution in [3.8, 4) is 17.0 Å². The van der Waals surface area contributed by atoms with Gasteiger partial charge in [0.05, 0.1) is 5.69 Å². The fraction of sp³-hybridized carbons (Fsp3) is 0.333. The molecule has 0 radical (unpaired) electrons. The lowest BCUT2D eigenvalue weighted by Gasteiger charge is -2.38. The molecule has 0 saturated heterocycles. The summed E-state index contributed by atoms with van der Waals surface area (Å²) >= 11 is 1.44.